The summed E-state index contributed by atoms with van der Waals surface area (Å²) in [6, 6.07) is 1.67. The fraction of sp³-hybridized carbons (Fsp3) is 0.286. The Labute approximate surface area is 79.0 Å². The molecule has 2 N–H and O–H groups in total. The molecular formula is C7H8ClNO2S. The topological polar surface area (TPSA) is 49.3 Å². The van der Waals surface area contributed by atoms with Crippen molar-refractivity contribution < 1.29 is 9.90 Å². The molecule has 3 nitrogen and oxygen atoms in total. The van der Waals surface area contributed by atoms with Crippen molar-refractivity contribution in [2.45, 2.75) is 0 Å². The van der Waals surface area contributed by atoms with Crippen molar-refractivity contribution in [3.05, 3.63) is 21.3 Å². The molecule has 0 aliphatic carbocycles. The average molecular weight is 206 g/mol. The highest BCUT2D eigenvalue weighted by molar-refractivity contribution is 7.12. The lowest BCUT2D eigenvalue weighted by Gasteiger charge is -1.99. The lowest BCUT2D eigenvalue weighted by atomic mass is 10.4. The van der Waals surface area contributed by atoms with Crippen LogP contribution in [0.4, 0.5) is 0 Å². The Morgan fingerprint density at radius 2 is 2.50 bits per heavy atom. The van der Waals surface area contributed by atoms with Gasteiger partial charge in [0.2, 0.25) is 0 Å². The van der Waals surface area contributed by atoms with Gasteiger partial charge >= 0.3 is 0 Å². The van der Waals surface area contributed by atoms with E-state index in [1.165, 1.54) is 11.3 Å². The van der Waals surface area contributed by atoms with E-state index in [2.05, 4.69) is 5.32 Å². The Kier molecular flexibility index (Phi) is 3.52. The molecule has 1 amide bonds. The summed E-state index contributed by atoms with van der Waals surface area (Å²) in [5, 5.41) is 13.2. The van der Waals surface area contributed by atoms with E-state index in [-0.39, 0.29) is 19.1 Å². The second-order valence-electron chi connectivity index (χ2n) is 2.08. The third-order valence-corrected chi connectivity index (χ3v) is 2.56. The quantitative estimate of drug-likeness (QED) is 0.777. The molecule has 1 aromatic heterocycles. The van der Waals surface area contributed by atoms with Crippen molar-refractivity contribution in [3.8, 4) is 0 Å². The van der Waals surface area contributed by atoms with Crippen LogP contribution in [0.3, 0.4) is 0 Å². The number of aliphatic hydroxyl groups excluding tert-OH is 1. The Bertz CT molecular complexity index is 274. The SMILES string of the molecule is O=C(NCCO)c1sccc1Cl. The van der Waals surface area contributed by atoms with Gasteiger partial charge in [0, 0.05) is 6.54 Å². The number of rotatable bonds is 3. The monoisotopic (exact) mass is 205 g/mol. The highest BCUT2D eigenvalue weighted by Gasteiger charge is 2.09. The standard InChI is InChI=1S/C7H8ClNO2S/c8-5-1-4-12-6(5)7(11)9-2-3-10/h1,4,10H,2-3H2,(H,9,11). The van der Waals surface area contributed by atoms with E-state index >= 15 is 0 Å². The number of carbonyl (C=O) groups is 1. The summed E-state index contributed by atoms with van der Waals surface area (Å²) in [6.07, 6.45) is 0. The van der Waals surface area contributed by atoms with Crippen molar-refractivity contribution in [3.63, 3.8) is 0 Å². The van der Waals surface area contributed by atoms with Crippen LogP contribution >= 0.6 is 22.9 Å². The van der Waals surface area contributed by atoms with Gasteiger partial charge < -0.3 is 10.4 Å². The highest BCUT2D eigenvalue weighted by Crippen LogP contribution is 2.21. The van der Waals surface area contributed by atoms with Gasteiger partial charge in [-0.05, 0) is 11.4 Å². The van der Waals surface area contributed by atoms with Gasteiger partial charge in [0.1, 0.15) is 4.88 Å². The van der Waals surface area contributed by atoms with Crippen LogP contribution in [0.25, 0.3) is 0 Å². The van der Waals surface area contributed by atoms with Crippen molar-refractivity contribution in [1.29, 1.82) is 0 Å². The van der Waals surface area contributed by atoms with Gasteiger partial charge in [-0.1, -0.05) is 11.6 Å². The summed E-state index contributed by atoms with van der Waals surface area (Å²) >= 11 is 6.98. The number of nitrogens with one attached hydrogen (secondary N) is 1. The largest absolute Gasteiger partial charge is 0.395 e. The van der Waals surface area contributed by atoms with Gasteiger partial charge in [-0.25, -0.2) is 0 Å². The second-order valence-corrected chi connectivity index (χ2v) is 3.40. The fourth-order valence-corrected chi connectivity index (χ4v) is 1.76. The number of thiophene rings is 1. The van der Waals surface area contributed by atoms with Crippen LogP contribution in [0.5, 0.6) is 0 Å². The van der Waals surface area contributed by atoms with Crippen LogP contribution in [-0.4, -0.2) is 24.2 Å². The first-order valence-corrected chi connectivity index (χ1v) is 4.63. The molecule has 0 aliphatic heterocycles. The molecule has 0 unspecified atom stereocenters. The minimum Gasteiger partial charge on any atom is -0.395 e. The van der Waals surface area contributed by atoms with Crippen LogP contribution in [-0.2, 0) is 0 Å². The molecule has 1 aromatic rings. The molecule has 0 radical (unpaired) electrons. The molecule has 0 saturated carbocycles. The predicted octanol–water partition coefficient (Wildman–Crippen LogP) is 1.12. The summed E-state index contributed by atoms with van der Waals surface area (Å²) in [5.74, 6) is -0.232. The second kappa shape index (κ2) is 4.45. The van der Waals surface area contributed by atoms with Crippen LogP contribution in [0.1, 0.15) is 9.67 Å². The zero-order valence-corrected chi connectivity index (χ0v) is 7.78. The van der Waals surface area contributed by atoms with Crippen LogP contribution < -0.4 is 5.32 Å². The van der Waals surface area contributed by atoms with Crippen LogP contribution in [0.2, 0.25) is 5.02 Å². The van der Waals surface area contributed by atoms with E-state index in [9.17, 15) is 4.79 Å². The third kappa shape index (κ3) is 2.20. The summed E-state index contributed by atoms with van der Waals surface area (Å²) in [7, 11) is 0. The summed E-state index contributed by atoms with van der Waals surface area (Å²) < 4.78 is 0. The molecule has 5 heteroatoms. The summed E-state index contributed by atoms with van der Waals surface area (Å²) in [6.45, 7) is 0.196. The van der Waals surface area contributed by atoms with E-state index in [1.807, 2.05) is 0 Å². The number of amides is 1. The van der Waals surface area contributed by atoms with Gasteiger partial charge in [-0.3, -0.25) is 4.79 Å². The van der Waals surface area contributed by atoms with E-state index in [0.717, 1.165) is 0 Å². The molecule has 0 atom stereocenters. The zero-order valence-electron chi connectivity index (χ0n) is 6.21. The molecule has 66 valence electrons. The van der Waals surface area contributed by atoms with Crippen molar-refractivity contribution >= 4 is 28.8 Å². The van der Waals surface area contributed by atoms with Gasteiger partial charge in [-0.2, -0.15) is 0 Å². The predicted molar refractivity (Wildman–Crippen MR) is 48.7 cm³/mol. The Morgan fingerprint density at radius 1 is 1.75 bits per heavy atom. The number of carbonyl (C=O) groups excluding carboxylic acids is 1. The number of halogens is 1. The number of hydrogen-bond acceptors (Lipinski definition) is 3. The van der Waals surface area contributed by atoms with Gasteiger partial charge in [0.15, 0.2) is 0 Å². The Hall–Kier alpha value is -0.580. The zero-order chi connectivity index (χ0) is 8.97. The lowest BCUT2D eigenvalue weighted by molar-refractivity contribution is 0.0949. The molecule has 0 saturated heterocycles. The molecule has 0 spiro atoms. The van der Waals surface area contributed by atoms with E-state index < -0.39 is 0 Å². The van der Waals surface area contributed by atoms with Crippen molar-refractivity contribution in [2.24, 2.45) is 0 Å². The Morgan fingerprint density at radius 3 is 3.00 bits per heavy atom. The number of aliphatic hydroxyl groups is 1. The third-order valence-electron chi connectivity index (χ3n) is 1.22. The molecule has 1 heterocycles. The van der Waals surface area contributed by atoms with Gasteiger partial charge in [-0.15, -0.1) is 11.3 Å². The molecule has 0 aromatic carbocycles. The molecule has 0 bridgehead atoms. The first kappa shape index (κ1) is 9.51. The summed E-state index contributed by atoms with van der Waals surface area (Å²) in [5.41, 5.74) is 0. The highest BCUT2D eigenvalue weighted by atomic mass is 35.5. The van der Waals surface area contributed by atoms with E-state index in [4.69, 9.17) is 16.7 Å². The lowest BCUT2D eigenvalue weighted by Crippen LogP contribution is -2.25. The van der Waals surface area contributed by atoms with Crippen molar-refractivity contribution in [2.75, 3.05) is 13.2 Å². The van der Waals surface area contributed by atoms with Gasteiger partial charge in [0.25, 0.3) is 5.91 Å². The van der Waals surface area contributed by atoms with E-state index in [0.29, 0.717) is 9.90 Å². The minimum absolute atomic E-state index is 0.0608. The smallest absolute Gasteiger partial charge is 0.262 e. The average Bonchev–Trinajstić information content (AvgIpc) is 2.47. The number of hydrogen-bond donors (Lipinski definition) is 2. The molecule has 0 aliphatic rings. The van der Waals surface area contributed by atoms with Gasteiger partial charge in [0.05, 0.1) is 11.6 Å². The summed E-state index contributed by atoms with van der Waals surface area (Å²) in [4.78, 5) is 11.7. The maximum absolute atomic E-state index is 11.2. The molecule has 0 fully saturated rings. The van der Waals surface area contributed by atoms with Crippen molar-refractivity contribution in [1.82, 2.24) is 5.32 Å². The Balaban J connectivity index is 2.59. The normalized spacial score (nSPS) is 9.83. The molecule has 1 rings (SSSR count). The fourth-order valence-electron chi connectivity index (χ4n) is 0.705. The van der Waals surface area contributed by atoms with Crippen LogP contribution in [0, 0.1) is 0 Å². The van der Waals surface area contributed by atoms with E-state index in [1.54, 1.807) is 11.4 Å². The first-order valence-electron chi connectivity index (χ1n) is 3.37. The molecular weight excluding hydrogens is 198 g/mol. The molecule has 12 heavy (non-hydrogen) atoms. The minimum atomic E-state index is -0.232. The first-order chi connectivity index (χ1) is 5.75. The maximum atomic E-state index is 11.2. The maximum Gasteiger partial charge on any atom is 0.262 e. The van der Waals surface area contributed by atoms with Crippen LogP contribution in [0.15, 0.2) is 11.4 Å².